The van der Waals surface area contributed by atoms with Crippen LogP contribution in [0.4, 0.5) is 4.79 Å². The highest BCUT2D eigenvalue weighted by Crippen LogP contribution is 2.29. The van der Waals surface area contributed by atoms with Crippen molar-refractivity contribution in [3.8, 4) is 11.5 Å². The SMILES string of the molecule is COc1cccc2[nH]c(C(=O)N[C@@H](CC(C)C)C(=O)N[C@@H](C[C@@H]3CCNC3=O)C(=O)CC(C)(C)OC(=O)OC(C)(C)CC(=O)[C@H](C[C@@H]3CCNC3=O)NC(=O)[C@H](CC(C)C)NC(=O)c3cc4c(OC)cccc4[nH]3)cc12. The van der Waals surface area contributed by atoms with Crippen molar-refractivity contribution in [2.45, 2.75) is 142 Å². The van der Waals surface area contributed by atoms with Crippen LogP contribution in [-0.4, -0.2) is 126 Å². The van der Waals surface area contributed by atoms with Crippen LogP contribution in [0.2, 0.25) is 0 Å². The molecule has 2 aliphatic heterocycles. The lowest BCUT2D eigenvalue weighted by molar-refractivity contribution is -0.134. The number of aromatic nitrogens is 2. The number of ketones is 2. The summed E-state index contributed by atoms with van der Waals surface area (Å²) in [5.41, 5.74) is -1.39. The molecule has 4 heterocycles. The van der Waals surface area contributed by atoms with Gasteiger partial charge in [0.2, 0.25) is 23.6 Å². The number of benzene rings is 2. The third kappa shape index (κ3) is 15.3. The van der Waals surface area contributed by atoms with Gasteiger partial charge in [-0.3, -0.25) is 38.4 Å². The quantitative estimate of drug-likeness (QED) is 0.0371. The maximum absolute atomic E-state index is 14.3. The molecule has 2 fully saturated rings. The topological polar surface area (TPSA) is 294 Å². The van der Waals surface area contributed by atoms with Gasteiger partial charge in [-0.25, -0.2) is 4.79 Å². The molecule has 2 aromatic heterocycles. The molecule has 2 aliphatic rings. The summed E-state index contributed by atoms with van der Waals surface area (Å²) in [5.74, 6) is -4.29. The van der Waals surface area contributed by atoms with E-state index in [0.29, 0.717) is 59.2 Å². The second-order valence-corrected chi connectivity index (χ2v) is 21.9. The zero-order chi connectivity index (χ0) is 55.6. The van der Waals surface area contributed by atoms with E-state index in [-0.39, 0.29) is 60.7 Å². The molecule has 4 aromatic rings. The smallest absolute Gasteiger partial charge is 0.496 e. The van der Waals surface area contributed by atoms with Crippen LogP contribution in [0.1, 0.15) is 128 Å². The third-order valence-corrected chi connectivity index (χ3v) is 13.5. The summed E-state index contributed by atoms with van der Waals surface area (Å²) in [7, 11) is 3.04. The number of hydrogen-bond acceptors (Lipinski definition) is 13. The molecule has 0 spiro atoms. The average molecular weight is 1060 g/mol. The summed E-state index contributed by atoms with van der Waals surface area (Å²) in [6.45, 7) is 14.2. The van der Waals surface area contributed by atoms with Gasteiger partial charge in [0.15, 0.2) is 11.6 Å². The lowest BCUT2D eigenvalue weighted by Gasteiger charge is -2.31. The summed E-state index contributed by atoms with van der Waals surface area (Å²) in [4.78, 5) is 129. The van der Waals surface area contributed by atoms with Crippen LogP contribution in [0.3, 0.4) is 0 Å². The Balaban J connectivity index is 1.11. The molecule has 76 heavy (non-hydrogen) atoms. The maximum atomic E-state index is 14.3. The number of nitrogens with one attached hydrogen (secondary N) is 8. The van der Waals surface area contributed by atoms with E-state index in [1.807, 2.05) is 27.7 Å². The fourth-order valence-electron chi connectivity index (χ4n) is 9.76. The van der Waals surface area contributed by atoms with E-state index in [1.54, 1.807) is 48.5 Å². The van der Waals surface area contributed by atoms with E-state index in [2.05, 4.69) is 41.9 Å². The lowest BCUT2D eigenvalue weighted by atomic mass is 9.90. The van der Waals surface area contributed by atoms with Crippen LogP contribution in [0.5, 0.6) is 11.5 Å². The molecular formula is C55H74N8O13. The molecule has 2 saturated heterocycles. The highest BCUT2D eigenvalue weighted by molar-refractivity contribution is 6.03. The number of Topliss-reactive ketones (excluding diaryl/α,β-unsaturated/α-hetero) is 2. The predicted octanol–water partition coefficient (Wildman–Crippen LogP) is 5.31. The summed E-state index contributed by atoms with van der Waals surface area (Å²) in [6, 6.07) is 9.29. The summed E-state index contributed by atoms with van der Waals surface area (Å²) in [5, 5.41) is 18.1. The van der Waals surface area contributed by atoms with Gasteiger partial charge in [0, 0.05) is 59.6 Å². The van der Waals surface area contributed by atoms with Crippen LogP contribution in [-0.2, 0) is 38.2 Å². The molecule has 0 aliphatic carbocycles. The Morgan fingerprint density at radius 3 is 1.29 bits per heavy atom. The highest BCUT2D eigenvalue weighted by Gasteiger charge is 2.40. The van der Waals surface area contributed by atoms with E-state index < -0.39 is 101 Å². The van der Waals surface area contributed by atoms with Crippen LogP contribution in [0, 0.1) is 23.7 Å². The molecule has 8 N–H and O–H groups in total. The van der Waals surface area contributed by atoms with E-state index in [1.165, 1.54) is 41.9 Å². The van der Waals surface area contributed by atoms with Gasteiger partial charge in [0.1, 0.15) is 46.2 Å². The minimum Gasteiger partial charge on any atom is -0.496 e. The Hall–Kier alpha value is -7.45. The zero-order valence-corrected chi connectivity index (χ0v) is 45.1. The molecule has 412 valence electrons. The number of aromatic amines is 2. The first kappa shape index (κ1) is 57.8. The number of ether oxygens (including phenoxy) is 4. The van der Waals surface area contributed by atoms with Crippen LogP contribution in [0.25, 0.3) is 21.8 Å². The van der Waals surface area contributed by atoms with Crippen molar-refractivity contribution in [3.05, 3.63) is 59.9 Å². The molecule has 21 heteroatoms. The number of hydrogen-bond donors (Lipinski definition) is 8. The van der Waals surface area contributed by atoms with Crippen molar-refractivity contribution < 1.29 is 62.1 Å². The fourth-order valence-corrected chi connectivity index (χ4v) is 9.76. The standard InChI is InChI=1S/C55H74N8O13/c1-29(2)21-39(62-51(70)41-25-33-35(58-41)13-11-15-45(33)73-9)49(68)60-37(23-31-17-19-56-47(31)66)43(64)27-54(5,6)75-53(72)76-55(7,8)28-44(65)38(24-32-18-20-57-48(32)67)61-50(69)40(22-30(3)4)63-52(71)42-26-34-36(59-42)14-12-16-46(34)74-10/h11-16,25-26,29-32,37-40,58-59H,17-24,27-28H2,1-10H3,(H,56,66)(H,57,67)(H,60,68)(H,61,69)(H,62,70)(H,63,71)/t31-,32-,37-,38-,39-,40-/m0/s1. The van der Waals surface area contributed by atoms with Crippen LogP contribution >= 0.6 is 0 Å². The van der Waals surface area contributed by atoms with Crippen molar-refractivity contribution in [1.29, 1.82) is 0 Å². The van der Waals surface area contributed by atoms with Gasteiger partial charge in [-0.05, 0) is 114 Å². The van der Waals surface area contributed by atoms with E-state index in [9.17, 15) is 43.2 Å². The molecule has 21 nitrogen and oxygen atoms in total. The molecule has 0 saturated carbocycles. The normalized spacial score (nSPS) is 17.3. The number of methoxy groups -OCH3 is 2. The molecule has 6 amide bonds. The Morgan fingerprint density at radius 2 is 0.961 bits per heavy atom. The van der Waals surface area contributed by atoms with Crippen molar-refractivity contribution >= 4 is 75.0 Å². The summed E-state index contributed by atoms with van der Waals surface area (Å²) >= 11 is 0. The van der Waals surface area contributed by atoms with Crippen molar-refractivity contribution in [2.75, 3.05) is 27.3 Å². The molecule has 0 bridgehead atoms. The van der Waals surface area contributed by atoms with Crippen LogP contribution in [0.15, 0.2) is 48.5 Å². The first-order valence-corrected chi connectivity index (χ1v) is 25.9. The van der Waals surface area contributed by atoms with E-state index in [4.69, 9.17) is 18.9 Å². The molecule has 6 atom stereocenters. The molecule has 2 aromatic carbocycles. The predicted molar refractivity (Wildman–Crippen MR) is 281 cm³/mol. The number of fused-ring (bicyclic) bond motifs is 2. The first-order chi connectivity index (χ1) is 35.8. The Morgan fingerprint density at radius 1 is 0.579 bits per heavy atom. The largest absolute Gasteiger partial charge is 0.509 e. The second-order valence-electron chi connectivity index (χ2n) is 21.9. The Kier molecular flexibility index (Phi) is 19.0. The fraction of sp³-hybridized carbons (Fsp3) is 0.545. The maximum Gasteiger partial charge on any atom is 0.509 e. The Labute approximate surface area is 442 Å². The number of amides is 6. The van der Waals surface area contributed by atoms with Gasteiger partial charge in [0.25, 0.3) is 11.8 Å². The van der Waals surface area contributed by atoms with Crippen molar-refractivity contribution in [3.63, 3.8) is 0 Å². The van der Waals surface area contributed by atoms with Gasteiger partial charge in [-0.2, -0.15) is 0 Å². The number of rotatable bonds is 26. The third-order valence-electron chi connectivity index (χ3n) is 13.5. The lowest BCUT2D eigenvalue weighted by Crippen LogP contribution is -2.53. The van der Waals surface area contributed by atoms with Gasteiger partial charge in [-0.1, -0.05) is 39.8 Å². The Bertz CT molecular complexity index is 2630. The van der Waals surface area contributed by atoms with Crippen LogP contribution < -0.4 is 41.4 Å². The zero-order valence-electron chi connectivity index (χ0n) is 45.1. The highest BCUT2D eigenvalue weighted by atomic mass is 16.7. The minimum atomic E-state index is -1.54. The van der Waals surface area contributed by atoms with Crippen molar-refractivity contribution in [2.24, 2.45) is 23.7 Å². The van der Waals surface area contributed by atoms with E-state index in [0.717, 1.165) is 0 Å². The number of carbonyl (C=O) groups is 9. The van der Waals surface area contributed by atoms with Crippen molar-refractivity contribution in [1.82, 2.24) is 41.9 Å². The molecule has 0 radical (unpaired) electrons. The molecule has 0 unspecified atom stereocenters. The minimum absolute atomic E-state index is 0.0548. The molecular weight excluding hydrogens is 981 g/mol. The van der Waals surface area contributed by atoms with Gasteiger partial charge in [0.05, 0.1) is 26.3 Å². The summed E-state index contributed by atoms with van der Waals surface area (Å²) < 4.78 is 22.3. The second kappa shape index (κ2) is 24.9. The summed E-state index contributed by atoms with van der Waals surface area (Å²) in [6.07, 6.45) is -0.916. The molecule has 6 rings (SSSR count). The number of H-pyrrole nitrogens is 2. The van der Waals surface area contributed by atoms with Gasteiger partial charge >= 0.3 is 6.16 Å². The van der Waals surface area contributed by atoms with Gasteiger partial charge < -0.3 is 60.8 Å². The first-order valence-electron chi connectivity index (χ1n) is 25.9. The average Bonchev–Trinajstić information content (AvgIpc) is 4.16. The van der Waals surface area contributed by atoms with Gasteiger partial charge in [-0.15, -0.1) is 0 Å². The van der Waals surface area contributed by atoms with E-state index >= 15 is 0 Å². The monoisotopic (exact) mass is 1050 g/mol. The number of carbonyl (C=O) groups excluding carboxylic acids is 9.